The van der Waals surface area contributed by atoms with Gasteiger partial charge >= 0.3 is 0 Å². The van der Waals surface area contributed by atoms with Gasteiger partial charge in [0.15, 0.2) is 0 Å². The van der Waals surface area contributed by atoms with Gasteiger partial charge in [0.25, 0.3) is 0 Å². The number of hydrogen-bond acceptors (Lipinski definition) is 1. The second kappa shape index (κ2) is 6.82. The van der Waals surface area contributed by atoms with Gasteiger partial charge in [-0.1, -0.05) is 48.1 Å². The van der Waals surface area contributed by atoms with Crippen LogP contribution in [0.25, 0.3) is 0 Å². The van der Waals surface area contributed by atoms with Crippen molar-refractivity contribution in [2.45, 2.75) is 25.8 Å². The van der Waals surface area contributed by atoms with E-state index in [1.165, 1.54) is 0 Å². The van der Waals surface area contributed by atoms with Gasteiger partial charge in [0.1, 0.15) is 0 Å². The van der Waals surface area contributed by atoms with Gasteiger partial charge in [-0.15, -0.1) is 12.4 Å². The molecule has 0 aliphatic carbocycles. The monoisotopic (exact) mass is 287 g/mol. The molecule has 86 valence electrons. The molecular formula is C10H13Cl4N. The summed E-state index contributed by atoms with van der Waals surface area (Å²) in [6.07, 6.45) is 1.83. The highest BCUT2D eigenvalue weighted by Gasteiger charge is 2.15. The highest BCUT2D eigenvalue weighted by molar-refractivity contribution is 6.44. The molecule has 0 saturated carbocycles. The van der Waals surface area contributed by atoms with Crippen molar-refractivity contribution < 1.29 is 0 Å². The van der Waals surface area contributed by atoms with Crippen LogP contribution in [-0.2, 0) is 0 Å². The Balaban J connectivity index is 0.00000196. The summed E-state index contributed by atoms with van der Waals surface area (Å²) in [5.74, 6) is 0. The van der Waals surface area contributed by atoms with Crippen LogP contribution in [0.4, 0.5) is 0 Å². The summed E-state index contributed by atoms with van der Waals surface area (Å²) >= 11 is 17.9. The summed E-state index contributed by atoms with van der Waals surface area (Å²) in [4.78, 5) is 0. The summed E-state index contributed by atoms with van der Waals surface area (Å²) < 4.78 is 0. The molecule has 2 N–H and O–H groups in total. The molecule has 1 rings (SSSR count). The van der Waals surface area contributed by atoms with Crippen molar-refractivity contribution in [2.75, 3.05) is 0 Å². The maximum Gasteiger partial charge on any atom is 0.0654 e. The first-order valence-corrected chi connectivity index (χ1v) is 5.60. The summed E-state index contributed by atoms with van der Waals surface area (Å²) in [5, 5.41) is 1.55. The van der Waals surface area contributed by atoms with Crippen molar-refractivity contribution in [2.24, 2.45) is 5.73 Å². The van der Waals surface area contributed by atoms with E-state index in [9.17, 15) is 0 Å². The molecule has 1 nitrogen and oxygen atoms in total. The number of benzene rings is 1. The van der Waals surface area contributed by atoms with Gasteiger partial charge in [0, 0.05) is 16.6 Å². The molecule has 0 aliphatic rings. The van der Waals surface area contributed by atoms with Crippen LogP contribution in [-0.4, -0.2) is 0 Å². The summed E-state index contributed by atoms with van der Waals surface area (Å²) in [6.45, 7) is 2.06. The number of halogens is 4. The molecule has 0 aliphatic heterocycles. The average Bonchev–Trinajstić information content (AvgIpc) is 2.13. The lowest BCUT2D eigenvalue weighted by Crippen LogP contribution is -2.11. The molecule has 0 aromatic heterocycles. The van der Waals surface area contributed by atoms with Crippen molar-refractivity contribution in [3.05, 3.63) is 32.8 Å². The second-order valence-corrected chi connectivity index (χ2v) is 4.34. The summed E-state index contributed by atoms with van der Waals surface area (Å²) in [5.41, 5.74) is 6.70. The largest absolute Gasteiger partial charge is 0.324 e. The lowest BCUT2D eigenvalue weighted by Gasteiger charge is -2.15. The van der Waals surface area contributed by atoms with E-state index in [1.54, 1.807) is 12.1 Å². The Morgan fingerprint density at radius 3 is 2.27 bits per heavy atom. The molecule has 0 saturated heterocycles. The Kier molecular flexibility index (Phi) is 6.98. The van der Waals surface area contributed by atoms with Crippen LogP contribution >= 0.6 is 47.2 Å². The number of hydrogen-bond donors (Lipinski definition) is 1. The minimum Gasteiger partial charge on any atom is -0.324 e. The van der Waals surface area contributed by atoms with E-state index < -0.39 is 0 Å². The first kappa shape index (κ1) is 15.3. The Labute approximate surface area is 111 Å². The van der Waals surface area contributed by atoms with E-state index in [0.29, 0.717) is 15.1 Å². The predicted molar refractivity (Wildman–Crippen MR) is 70.6 cm³/mol. The van der Waals surface area contributed by atoms with Crippen LogP contribution in [0.5, 0.6) is 0 Å². The number of nitrogens with two attached hydrogens (primary N) is 1. The van der Waals surface area contributed by atoms with Gasteiger partial charge in [-0.2, -0.15) is 0 Å². The molecule has 0 unspecified atom stereocenters. The van der Waals surface area contributed by atoms with Crippen molar-refractivity contribution in [1.82, 2.24) is 0 Å². The molecule has 1 atom stereocenters. The van der Waals surface area contributed by atoms with Gasteiger partial charge in [0.05, 0.1) is 10.0 Å². The van der Waals surface area contributed by atoms with Gasteiger partial charge in [0.2, 0.25) is 0 Å². The molecule has 0 heterocycles. The lowest BCUT2D eigenvalue weighted by atomic mass is 10.0. The maximum atomic E-state index is 6.03. The van der Waals surface area contributed by atoms with Crippen LogP contribution in [0.1, 0.15) is 31.4 Å². The first-order chi connectivity index (χ1) is 6.57. The molecule has 1 aromatic carbocycles. The molecular weight excluding hydrogens is 276 g/mol. The normalized spacial score (nSPS) is 12.1. The molecule has 0 amide bonds. The van der Waals surface area contributed by atoms with Crippen LogP contribution < -0.4 is 5.73 Å². The topological polar surface area (TPSA) is 26.0 Å². The van der Waals surface area contributed by atoms with E-state index in [2.05, 4.69) is 6.92 Å². The minimum atomic E-state index is -0.140. The van der Waals surface area contributed by atoms with Crippen LogP contribution in [0.3, 0.4) is 0 Å². The standard InChI is InChI=1S/C10H12Cl3N.ClH/c1-2-3-8(14)9-6(11)4-5-7(12)10(9)13;/h4-5,8H,2-3,14H2,1H3;1H/t8-;/m0./s1. The zero-order valence-corrected chi connectivity index (χ0v) is 11.4. The summed E-state index contributed by atoms with van der Waals surface area (Å²) in [7, 11) is 0. The first-order valence-electron chi connectivity index (χ1n) is 4.46. The molecule has 1 aromatic rings. The predicted octanol–water partition coefficient (Wildman–Crippen LogP) is 4.87. The maximum absolute atomic E-state index is 6.03. The van der Waals surface area contributed by atoms with Crippen molar-refractivity contribution >= 4 is 47.2 Å². The Bertz CT molecular complexity index is 327. The average molecular weight is 289 g/mol. The number of rotatable bonds is 3. The molecule has 0 bridgehead atoms. The third kappa shape index (κ3) is 3.69. The highest BCUT2D eigenvalue weighted by Crippen LogP contribution is 2.36. The molecule has 0 radical (unpaired) electrons. The highest BCUT2D eigenvalue weighted by atomic mass is 35.5. The molecule has 0 fully saturated rings. The fourth-order valence-electron chi connectivity index (χ4n) is 1.34. The van der Waals surface area contributed by atoms with E-state index in [1.807, 2.05) is 0 Å². The quantitative estimate of drug-likeness (QED) is 0.789. The van der Waals surface area contributed by atoms with Gasteiger partial charge in [-0.25, -0.2) is 0 Å². The Morgan fingerprint density at radius 1 is 1.20 bits per heavy atom. The lowest BCUT2D eigenvalue weighted by molar-refractivity contribution is 0.639. The zero-order valence-electron chi connectivity index (χ0n) is 8.27. The van der Waals surface area contributed by atoms with E-state index in [0.717, 1.165) is 18.4 Å². The Hall–Kier alpha value is 0.340. The van der Waals surface area contributed by atoms with Gasteiger partial charge < -0.3 is 5.73 Å². The smallest absolute Gasteiger partial charge is 0.0654 e. The van der Waals surface area contributed by atoms with Crippen LogP contribution in [0.2, 0.25) is 15.1 Å². The third-order valence-corrected chi connectivity index (χ3v) is 3.20. The van der Waals surface area contributed by atoms with Gasteiger partial charge in [-0.05, 0) is 18.6 Å². The summed E-state index contributed by atoms with van der Waals surface area (Å²) in [6, 6.07) is 3.26. The Morgan fingerprint density at radius 2 is 1.73 bits per heavy atom. The van der Waals surface area contributed by atoms with Crippen LogP contribution in [0.15, 0.2) is 12.1 Å². The molecule has 5 heteroatoms. The van der Waals surface area contributed by atoms with E-state index >= 15 is 0 Å². The van der Waals surface area contributed by atoms with E-state index in [-0.39, 0.29) is 18.4 Å². The fraction of sp³-hybridized carbons (Fsp3) is 0.400. The SMILES string of the molecule is CCC[C@H](N)c1c(Cl)ccc(Cl)c1Cl.Cl. The fourth-order valence-corrected chi connectivity index (χ4v) is 2.15. The second-order valence-electron chi connectivity index (χ2n) is 3.15. The van der Waals surface area contributed by atoms with E-state index in [4.69, 9.17) is 40.5 Å². The third-order valence-electron chi connectivity index (χ3n) is 2.05. The van der Waals surface area contributed by atoms with Gasteiger partial charge in [-0.3, -0.25) is 0 Å². The van der Waals surface area contributed by atoms with Crippen molar-refractivity contribution in [3.63, 3.8) is 0 Å². The molecule has 0 spiro atoms. The molecule has 15 heavy (non-hydrogen) atoms. The van der Waals surface area contributed by atoms with Crippen molar-refractivity contribution in [3.8, 4) is 0 Å². The van der Waals surface area contributed by atoms with Crippen molar-refractivity contribution in [1.29, 1.82) is 0 Å². The minimum absolute atomic E-state index is 0. The zero-order chi connectivity index (χ0) is 10.7. The van der Waals surface area contributed by atoms with Crippen LogP contribution in [0, 0.1) is 0 Å².